The van der Waals surface area contributed by atoms with Crippen molar-refractivity contribution in [3.63, 3.8) is 0 Å². The van der Waals surface area contributed by atoms with Crippen LogP contribution >= 0.6 is 0 Å². The van der Waals surface area contributed by atoms with Crippen molar-refractivity contribution in [2.75, 3.05) is 13.1 Å². The highest BCUT2D eigenvalue weighted by atomic mass is 16.3. The maximum atomic E-state index is 9.57. The Balaban J connectivity index is 1.88. The second-order valence-corrected chi connectivity index (χ2v) is 5.29. The second kappa shape index (κ2) is 5.23. The summed E-state index contributed by atoms with van der Waals surface area (Å²) in [5.74, 6) is 2.52. The van der Waals surface area contributed by atoms with Gasteiger partial charge in [-0.15, -0.1) is 0 Å². The van der Waals surface area contributed by atoms with Gasteiger partial charge in [-0.2, -0.15) is 0 Å². The number of aliphatic hydroxyl groups excluding tert-OH is 1. The van der Waals surface area contributed by atoms with E-state index in [9.17, 15) is 5.11 Å². The number of rotatable bonds is 3. The number of hydrogen-bond donors (Lipinski definition) is 1. The van der Waals surface area contributed by atoms with Crippen LogP contribution in [0.25, 0.3) is 0 Å². The number of likely N-dealkylation sites (tertiary alicyclic amines) is 1. The van der Waals surface area contributed by atoms with Gasteiger partial charge in [-0.1, -0.05) is 0 Å². The lowest BCUT2D eigenvalue weighted by Crippen LogP contribution is -2.36. The van der Waals surface area contributed by atoms with Crippen LogP contribution in [0.1, 0.15) is 36.8 Å². The number of furan rings is 1. The molecule has 17 heavy (non-hydrogen) atoms. The molecule has 2 rings (SSSR count). The van der Waals surface area contributed by atoms with E-state index in [2.05, 4.69) is 11.0 Å². The molecule has 3 heteroatoms. The summed E-state index contributed by atoms with van der Waals surface area (Å²) in [4.78, 5) is 2.45. The van der Waals surface area contributed by atoms with Gasteiger partial charge in [-0.25, -0.2) is 0 Å². The lowest BCUT2D eigenvalue weighted by molar-refractivity contribution is 0.0694. The molecule has 0 bridgehead atoms. The van der Waals surface area contributed by atoms with Crippen molar-refractivity contribution in [3.05, 3.63) is 23.2 Å². The third-order valence-corrected chi connectivity index (χ3v) is 3.85. The Bertz CT molecular complexity index is 362. The zero-order valence-corrected chi connectivity index (χ0v) is 11.1. The van der Waals surface area contributed by atoms with Crippen molar-refractivity contribution >= 4 is 0 Å². The molecular formula is C14H23NO2. The summed E-state index contributed by atoms with van der Waals surface area (Å²) >= 11 is 0. The zero-order chi connectivity index (χ0) is 12.4. The van der Waals surface area contributed by atoms with Gasteiger partial charge in [0.05, 0.1) is 6.10 Å². The second-order valence-electron chi connectivity index (χ2n) is 5.29. The van der Waals surface area contributed by atoms with Crippen molar-refractivity contribution in [1.29, 1.82) is 0 Å². The Hall–Kier alpha value is -0.800. The predicted octanol–water partition coefficient (Wildman–Crippen LogP) is 2.49. The van der Waals surface area contributed by atoms with Gasteiger partial charge >= 0.3 is 0 Å². The lowest BCUT2D eigenvalue weighted by Gasteiger charge is -2.33. The van der Waals surface area contributed by atoms with E-state index in [0.29, 0.717) is 5.92 Å². The summed E-state index contributed by atoms with van der Waals surface area (Å²) in [5.41, 5.74) is 1.30. The minimum Gasteiger partial charge on any atom is -0.466 e. The third-order valence-electron chi connectivity index (χ3n) is 3.85. The van der Waals surface area contributed by atoms with Crippen molar-refractivity contribution in [2.24, 2.45) is 5.92 Å². The van der Waals surface area contributed by atoms with E-state index >= 15 is 0 Å². The predicted molar refractivity (Wildman–Crippen MR) is 67.9 cm³/mol. The highest BCUT2D eigenvalue weighted by Crippen LogP contribution is 2.23. The summed E-state index contributed by atoms with van der Waals surface area (Å²) in [5, 5.41) is 9.57. The van der Waals surface area contributed by atoms with Crippen LogP contribution in [-0.4, -0.2) is 29.2 Å². The van der Waals surface area contributed by atoms with Gasteiger partial charge in [0, 0.05) is 12.1 Å². The molecule has 0 spiro atoms. The first-order valence-corrected chi connectivity index (χ1v) is 6.52. The van der Waals surface area contributed by atoms with Crippen molar-refractivity contribution in [3.8, 4) is 0 Å². The molecule has 1 aromatic heterocycles. The van der Waals surface area contributed by atoms with E-state index < -0.39 is 0 Å². The van der Waals surface area contributed by atoms with Crippen LogP contribution in [-0.2, 0) is 6.54 Å². The van der Waals surface area contributed by atoms with Crippen molar-refractivity contribution in [1.82, 2.24) is 4.90 Å². The fourth-order valence-corrected chi connectivity index (χ4v) is 2.67. The largest absolute Gasteiger partial charge is 0.466 e. The maximum Gasteiger partial charge on any atom is 0.105 e. The van der Waals surface area contributed by atoms with Gasteiger partial charge in [0.25, 0.3) is 0 Å². The van der Waals surface area contributed by atoms with E-state index in [4.69, 9.17) is 4.42 Å². The van der Waals surface area contributed by atoms with E-state index in [1.807, 2.05) is 20.8 Å². The lowest BCUT2D eigenvalue weighted by atomic mass is 9.92. The van der Waals surface area contributed by atoms with Crippen molar-refractivity contribution in [2.45, 2.75) is 46.3 Å². The first kappa shape index (κ1) is 12.7. The van der Waals surface area contributed by atoms with Crippen molar-refractivity contribution < 1.29 is 9.52 Å². The van der Waals surface area contributed by atoms with Crippen LogP contribution in [0.5, 0.6) is 0 Å². The SMILES string of the molecule is Cc1cc(CN2CCC(C(C)O)CC2)c(C)o1. The molecule has 0 aromatic carbocycles. The highest BCUT2D eigenvalue weighted by molar-refractivity contribution is 5.19. The molecular weight excluding hydrogens is 214 g/mol. The Kier molecular flexibility index (Phi) is 3.89. The topological polar surface area (TPSA) is 36.6 Å². The number of aliphatic hydroxyl groups is 1. The number of aryl methyl sites for hydroxylation is 2. The highest BCUT2D eigenvalue weighted by Gasteiger charge is 2.23. The fourth-order valence-electron chi connectivity index (χ4n) is 2.67. The molecule has 1 saturated heterocycles. The molecule has 1 aliphatic heterocycles. The number of nitrogens with zero attached hydrogens (tertiary/aromatic N) is 1. The molecule has 1 aromatic rings. The summed E-state index contributed by atoms with van der Waals surface area (Å²) in [6.45, 7) is 9.08. The molecule has 1 aliphatic rings. The van der Waals surface area contributed by atoms with Crippen LogP contribution in [0.15, 0.2) is 10.5 Å². The Morgan fingerprint density at radius 3 is 2.53 bits per heavy atom. The molecule has 0 aliphatic carbocycles. The fraction of sp³-hybridized carbons (Fsp3) is 0.714. The van der Waals surface area contributed by atoms with Gasteiger partial charge in [-0.3, -0.25) is 4.90 Å². The van der Waals surface area contributed by atoms with Gasteiger partial charge in [0.2, 0.25) is 0 Å². The quantitative estimate of drug-likeness (QED) is 0.877. The Morgan fingerprint density at radius 2 is 2.06 bits per heavy atom. The number of hydrogen-bond acceptors (Lipinski definition) is 3. The molecule has 2 heterocycles. The Labute approximate surface area is 103 Å². The molecule has 0 radical (unpaired) electrons. The minimum atomic E-state index is -0.157. The first-order valence-electron chi connectivity index (χ1n) is 6.52. The van der Waals surface area contributed by atoms with E-state index in [1.54, 1.807) is 0 Å². The molecule has 0 saturated carbocycles. The molecule has 1 unspecified atom stereocenters. The molecule has 1 fully saturated rings. The van der Waals surface area contributed by atoms with Crippen LogP contribution in [0.4, 0.5) is 0 Å². The maximum absolute atomic E-state index is 9.57. The van der Waals surface area contributed by atoms with E-state index in [1.165, 1.54) is 5.56 Å². The average molecular weight is 237 g/mol. The molecule has 0 amide bonds. The molecule has 1 N–H and O–H groups in total. The minimum absolute atomic E-state index is 0.157. The normalized spacial score (nSPS) is 20.7. The summed E-state index contributed by atoms with van der Waals surface area (Å²) in [6, 6.07) is 2.14. The third kappa shape index (κ3) is 3.11. The average Bonchev–Trinajstić information content (AvgIpc) is 2.58. The smallest absolute Gasteiger partial charge is 0.105 e. The van der Waals surface area contributed by atoms with Gasteiger partial charge in [0.1, 0.15) is 11.5 Å². The van der Waals surface area contributed by atoms with Crippen LogP contribution in [0, 0.1) is 19.8 Å². The van der Waals surface area contributed by atoms with Crippen LogP contribution < -0.4 is 0 Å². The number of piperidine rings is 1. The first-order chi connectivity index (χ1) is 8.06. The van der Waals surface area contributed by atoms with Crippen LogP contribution in [0.3, 0.4) is 0 Å². The summed E-state index contributed by atoms with van der Waals surface area (Å²) in [6.07, 6.45) is 2.05. The summed E-state index contributed by atoms with van der Waals surface area (Å²) in [7, 11) is 0. The van der Waals surface area contributed by atoms with E-state index in [-0.39, 0.29) is 6.10 Å². The van der Waals surface area contributed by atoms with E-state index in [0.717, 1.165) is 44.0 Å². The van der Waals surface area contributed by atoms with Gasteiger partial charge < -0.3 is 9.52 Å². The van der Waals surface area contributed by atoms with Gasteiger partial charge in [-0.05, 0) is 58.7 Å². The van der Waals surface area contributed by atoms with Gasteiger partial charge in [0.15, 0.2) is 0 Å². The molecule has 96 valence electrons. The molecule has 1 atom stereocenters. The summed E-state index contributed by atoms with van der Waals surface area (Å²) < 4.78 is 5.55. The standard InChI is InChI=1S/C14H23NO2/c1-10-8-14(12(3)17-10)9-15-6-4-13(5-7-15)11(2)16/h8,11,13,16H,4-7,9H2,1-3H3. The monoisotopic (exact) mass is 237 g/mol. The Morgan fingerprint density at radius 1 is 1.41 bits per heavy atom. The van der Waals surface area contributed by atoms with Crippen LogP contribution in [0.2, 0.25) is 0 Å². The molecule has 3 nitrogen and oxygen atoms in total. The zero-order valence-electron chi connectivity index (χ0n) is 11.1.